The Morgan fingerprint density at radius 1 is 1.25 bits per heavy atom. The van der Waals surface area contributed by atoms with E-state index in [9.17, 15) is 14.5 Å². The number of rotatable bonds is 8. The molecule has 0 rings (SSSR count). The van der Waals surface area contributed by atoms with Crippen LogP contribution in [0.5, 0.6) is 0 Å². The van der Waals surface area contributed by atoms with Gasteiger partial charge >= 0.3 is 7.60 Å². The lowest BCUT2D eigenvalue weighted by Gasteiger charge is -2.28. The largest absolute Gasteiger partial charge is 0.549 e. The average molecular weight is 251 g/mol. The summed E-state index contributed by atoms with van der Waals surface area (Å²) in [5.41, 5.74) is -1.19. The Hall–Kier alpha value is -0.380. The maximum atomic E-state index is 12.2. The zero-order valence-corrected chi connectivity index (χ0v) is 11.2. The Kier molecular flexibility index (Phi) is 6.88. The summed E-state index contributed by atoms with van der Waals surface area (Å²) in [6, 6.07) is 0. The van der Waals surface area contributed by atoms with Crippen LogP contribution in [0.4, 0.5) is 0 Å². The zero-order valence-electron chi connectivity index (χ0n) is 10.3. The summed E-state index contributed by atoms with van der Waals surface area (Å²) in [7, 11) is -3.60. The summed E-state index contributed by atoms with van der Waals surface area (Å²) in [6.45, 7) is 7.29. The molecule has 0 heterocycles. The van der Waals surface area contributed by atoms with Gasteiger partial charge in [-0.25, -0.2) is 0 Å². The molecule has 0 aliphatic heterocycles. The molecule has 1 unspecified atom stereocenters. The van der Waals surface area contributed by atoms with Crippen LogP contribution in [0.1, 0.15) is 34.1 Å². The van der Waals surface area contributed by atoms with Crippen molar-refractivity contribution in [1.82, 2.24) is 0 Å². The summed E-state index contributed by atoms with van der Waals surface area (Å²) in [6.07, 6.45) is 0.222. The minimum Gasteiger partial charge on any atom is -0.549 e. The average Bonchev–Trinajstić information content (AvgIpc) is 2.14. The van der Waals surface area contributed by atoms with Crippen LogP contribution < -0.4 is 5.11 Å². The molecule has 0 saturated carbocycles. The first kappa shape index (κ1) is 15.6. The lowest BCUT2D eigenvalue weighted by Crippen LogP contribution is -2.37. The molecule has 0 aromatic carbocycles. The quantitative estimate of drug-likeness (QED) is 0.610. The molecule has 0 amide bonds. The third kappa shape index (κ3) is 4.64. The predicted molar refractivity (Wildman–Crippen MR) is 59.1 cm³/mol. The summed E-state index contributed by atoms with van der Waals surface area (Å²) in [5.74, 6) is -1.30. The van der Waals surface area contributed by atoms with Crippen molar-refractivity contribution in [3.05, 3.63) is 0 Å². The molecule has 0 radical (unpaired) electrons. The van der Waals surface area contributed by atoms with Gasteiger partial charge in [-0.05, 0) is 26.2 Å². The molecule has 0 aliphatic rings. The summed E-state index contributed by atoms with van der Waals surface area (Å²) >= 11 is 0. The Morgan fingerprint density at radius 3 is 1.94 bits per heavy atom. The van der Waals surface area contributed by atoms with Crippen LogP contribution in [0.15, 0.2) is 0 Å². The van der Waals surface area contributed by atoms with Gasteiger partial charge in [0.15, 0.2) is 0 Å². The highest BCUT2D eigenvalue weighted by atomic mass is 31.2. The Balaban J connectivity index is 4.93. The van der Waals surface area contributed by atoms with Gasteiger partial charge in [0, 0.05) is 0 Å². The number of hydrogen-bond donors (Lipinski definition) is 0. The second kappa shape index (κ2) is 7.05. The predicted octanol–water partition coefficient (Wildman–Crippen LogP) is 1.42. The van der Waals surface area contributed by atoms with Gasteiger partial charge in [-0.1, -0.05) is 13.8 Å². The minimum absolute atomic E-state index is 0.0807. The van der Waals surface area contributed by atoms with Crippen LogP contribution in [0.25, 0.3) is 0 Å². The number of carboxylic acids is 1. The van der Waals surface area contributed by atoms with Gasteiger partial charge < -0.3 is 18.9 Å². The monoisotopic (exact) mass is 251 g/mol. The standard InChI is InChI=1S/C10H21O5P/c1-5-14-16(13,15-6-2)9(10(11)12)7-8(3)4/h8-9H,5-7H2,1-4H3,(H,11,12)/p-1. The van der Waals surface area contributed by atoms with E-state index < -0.39 is 19.2 Å². The highest BCUT2D eigenvalue weighted by molar-refractivity contribution is 7.55. The van der Waals surface area contributed by atoms with Crippen molar-refractivity contribution in [2.45, 2.75) is 39.8 Å². The fourth-order valence-corrected chi connectivity index (χ4v) is 3.47. The lowest BCUT2D eigenvalue weighted by molar-refractivity contribution is -0.305. The van der Waals surface area contributed by atoms with Crippen molar-refractivity contribution in [3.8, 4) is 0 Å². The number of hydrogen-bond acceptors (Lipinski definition) is 5. The van der Waals surface area contributed by atoms with Gasteiger partial charge in [-0.15, -0.1) is 0 Å². The molecule has 0 aliphatic carbocycles. The number of aliphatic carboxylic acids is 1. The fraction of sp³-hybridized carbons (Fsp3) is 0.900. The van der Waals surface area contributed by atoms with E-state index in [1.165, 1.54) is 0 Å². The van der Waals surface area contributed by atoms with Crippen LogP contribution in [-0.2, 0) is 18.4 Å². The smallest absolute Gasteiger partial charge is 0.339 e. The van der Waals surface area contributed by atoms with Crippen molar-refractivity contribution in [2.24, 2.45) is 5.92 Å². The van der Waals surface area contributed by atoms with Gasteiger partial charge in [-0.2, -0.15) is 0 Å². The van der Waals surface area contributed by atoms with E-state index in [0.29, 0.717) is 0 Å². The van der Waals surface area contributed by atoms with E-state index in [4.69, 9.17) is 9.05 Å². The van der Waals surface area contributed by atoms with Crippen molar-refractivity contribution in [3.63, 3.8) is 0 Å². The van der Waals surface area contributed by atoms with E-state index in [0.717, 1.165) is 0 Å². The number of carboxylic acid groups (broad SMARTS) is 1. The molecule has 0 spiro atoms. The third-order valence-electron chi connectivity index (χ3n) is 1.97. The van der Waals surface area contributed by atoms with E-state index in [2.05, 4.69) is 0 Å². The van der Waals surface area contributed by atoms with Gasteiger partial charge in [0.25, 0.3) is 0 Å². The van der Waals surface area contributed by atoms with Crippen molar-refractivity contribution < 1.29 is 23.5 Å². The van der Waals surface area contributed by atoms with Crippen LogP contribution in [0.3, 0.4) is 0 Å². The first-order valence-corrected chi connectivity index (χ1v) is 7.08. The molecule has 96 valence electrons. The van der Waals surface area contributed by atoms with Crippen molar-refractivity contribution in [2.75, 3.05) is 13.2 Å². The number of carbonyl (C=O) groups is 1. The summed E-state index contributed by atoms with van der Waals surface area (Å²) < 4.78 is 22.2. The second-order valence-corrected chi connectivity index (χ2v) is 6.06. The molecule has 0 bridgehead atoms. The van der Waals surface area contributed by atoms with Crippen molar-refractivity contribution in [1.29, 1.82) is 0 Å². The van der Waals surface area contributed by atoms with Crippen molar-refractivity contribution >= 4 is 13.6 Å². The highest BCUT2D eigenvalue weighted by Gasteiger charge is 2.36. The first-order valence-electron chi connectivity index (χ1n) is 5.47. The number of carbonyl (C=O) groups excluding carboxylic acids is 1. The Labute approximate surface area is 96.7 Å². The Morgan fingerprint density at radius 2 is 1.69 bits per heavy atom. The molecule has 0 N–H and O–H groups in total. The van der Waals surface area contributed by atoms with Gasteiger partial charge in [0.05, 0.1) is 19.2 Å². The molecular formula is C10H20O5P-. The molecule has 1 atom stereocenters. The van der Waals surface area contributed by atoms with Gasteiger partial charge in [-0.3, -0.25) is 4.57 Å². The molecule has 6 heteroatoms. The zero-order chi connectivity index (χ0) is 12.8. The molecule has 0 fully saturated rings. The van der Waals surface area contributed by atoms with E-state index in [-0.39, 0.29) is 25.6 Å². The summed E-state index contributed by atoms with van der Waals surface area (Å²) in [4.78, 5) is 11.0. The lowest BCUT2D eigenvalue weighted by atomic mass is 10.1. The van der Waals surface area contributed by atoms with Crippen LogP contribution in [0, 0.1) is 5.92 Å². The maximum absolute atomic E-state index is 12.2. The molecule has 0 saturated heterocycles. The van der Waals surface area contributed by atoms with Crippen LogP contribution in [0.2, 0.25) is 0 Å². The van der Waals surface area contributed by atoms with Crippen LogP contribution in [-0.4, -0.2) is 24.8 Å². The third-order valence-corrected chi connectivity index (χ3v) is 4.39. The van der Waals surface area contributed by atoms with Crippen LogP contribution >= 0.6 is 7.60 Å². The highest BCUT2D eigenvalue weighted by Crippen LogP contribution is 2.54. The fourth-order valence-electron chi connectivity index (χ4n) is 1.38. The Bertz CT molecular complexity index is 254. The normalized spacial score (nSPS) is 14.1. The van der Waals surface area contributed by atoms with E-state index >= 15 is 0 Å². The molecule has 16 heavy (non-hydrogen) atoms. The van der Waals surface area contributed by atoms with E-state index in [1.54, 1.807) is 13.8 Å². The minimum atomic E-state index is -3.60. The topological polar surface area (TPSA) is 75.7 Å². The summed E-state index contributed by atoms with van der Waals surface area (Å²) in [5, 5.41) is 11.0. The SMILES string of the molecule is CCOP(=O)(OCC)C(CC(C)C)C(=O)[O-]. The molecular weight excluding hydrogens is 231 g/mol. The molecule has 0 aromatic heterocycles. The maximum Gasteiger partial charge on any atom is 0.339 e. The van der Waals surface area contributed by atoms with Gasteiger partial charge in [0.1, 0.15) is 5.66 Å². The second-order valence-electron chi connectivity index (χ2n) is 3.84. The van der Waals surface area contributed by atoms with Gasteiger partial charge in [0.2, 0.25) is 0 Å². The first-order chi connectivity index (χ1) is 7.37. The molecule has 0 aromatic rings. The molecule has 5 nitrogen and oxygen atoms in total. The van der Waals surface area contributed by atoms with E-state index in [1.807, 2.05) is 13.8 Å².